The van der Waals surface area contributed by atoms with Gasteiger partial charge in [0.1, 0.15) is 23.3 Å². The van der Waals surface area contributed by atoms with Crippen molar-refractivity contribution in [2.75, 3.05) is 12.4 Å². The summed E-state index contributed by atoms with van der Waals surface area (Å²) in [6.07, 6.45) is 0.421. The highest BCUT2D eigenvalue weighted by Crippen LogP contribution is 2.27. The lowest BCUT2D eigenvalue weighted by atomic mass is 9.93. The number of hydrogen-bond donors (Lipinski definition) is 1. The minimum atomic E-state index is -1.12. The van der Waals surface area contributed by atoms with E-state index in [1.807, 2.05) is 69.3 Å². The van der Waals surface area contributed by atoms with Crippen LogP contribution < -0.4 is 10.1 Å². The Kier molecular flexibility index (Phi) is 7.33. The summed E-state index contributed by atoms with van der Waals surface area (Å²) in [4.78, 5) is 29.2. The van der Waals surface area contributed by atoms with Crippen LogP contribution in [0, 0.1) is 6.92 Å². The maximum Gasteiger partial charge on any atom is 0.250 e. The zero-order valence-corrected chi connectivity index (χ0v) is 21.1. The lowest BCUT2D eigenvalue weighted by Gasteiger charge is -2.40. The highest BCUT2D eigenvalue weighted by atomic mass is 16.5. The van der Waals surface area contributed by atoms with Gasteiger partial charge in [-0.25, -0.2) is 4.68 Å². The fraction of sp³-hybridized carbons (Fsp3) is 0.286. The van der Waals surface area contributed by atoms with Gasteiger partial charge in [0.25, 0.3) is 0 Å². The Labute approximate surface area is 210 Å². The molecule has 1 N–H and O–H groups in total. The van der Waals surface area contributed by atoms with E-state index in [9.17, 15) is 9.59 Å². The molecule has 1 aromatic heterocycles. The number of rotatable bonds is 9. The number of aromatic nitrogens is 3. The van der Waals surface area contributed by atoms with Crippen molar-refractivity contribution in [1.29, 1.82) is 0 Å². The fourth-order valence-electron chi connectivity index (χ4n) is 4.16. The maximum absolute atomic E-state index is 13.9. The SMILES string of the molecule is CCC(C)(C(=O)Nc1ccc(OC)cc1)N(Cc1ccccc1C)C(=O)Cn1nnc2ccccc21. The number of carbonyl (C=O) groups is 2. The fourth-order valence-corrected chi connectivity index (χ4v) is 4.16. The van der Waals surface area contributed by atoms with Gasteiger partial charge >= 0.3 is 0 Å². The molecule has 3 aromatic carbocycles. The molecule has 0 spiro atoms. The van der Waals surface area contributed by atoms with Gasteiger partial charge in [-0.05, 0) is 67.8 Å². The second-order valence-electron chi connectivity index (χ2n) is 8.95. The molecule has 8 nitrogen and oxygen atoms in total. The number of nitrogens with zero attached hydrogens (tertiary/aromatic N) is 4. The minimum Gasteiger partial charge on any atom is -0.497 e. The largest absolute Gasteiger partial charge is 0.497 e. The molecule has 0 bridgehead atoms. The number of methoxy groups -OCH3 is 1. The van der Waals surface area contributed by atoms with Crippen LogP contribution in [0.5, 0.6) is 5.75 Å². The van der Waals surface area contributed by atoms with Crippen molar-refractivity contribution in [1.82, 2.24) is 19.9 Å². The number of para-hydroxylation sites is 1. The summed E-state index contributed by atoms with van der Waals surface area (Å²) in [5.74, 6) is 0.214. The Morgan fingerprint density at radius 1 is 1.03 bits per heavy atom. The van der Waals surface area contributed by atoms with Gasteiger partial charge in [0.15, 0.2) is 0 Å². The third-order valence-electron chi connectivity index (χ3n) is 6.72. The second kappa shape index (κ2) is 10.6. The van der Waals surface area contributed by atoms with Crippen LogP contribution in [0.4, 0.5) is 5.69 Å². The van der Waals surface area contributed by atoms with Gasteiger partial charge in [-0.15, -0.1) is 5.10 Å². The van der Waals surface area contributed by atoms with E-state index in [4.69, 9.17) is 4.74 Å². The molecule has 1 atom stereocenters. The molecule has 0 aliphatic rings. The van der Waals surface area contributed by atoms with Crippen LogP contribution in [-0.2, 0) is 22.7 Å². The summed E-state index contributed by atoms with van der Waals surface area (Å²) in [5.41, 5.74) is 3.02. The zero-order valence-electron chi connectivity index (χ0n) is 21.1. The molecular formula is C28H31N5O3. The number of nitrogens with one attached hydrogen (secondary N) is 1. The third-order valence-corrected chi connectivity index (χ3v) is 6.72. The number of ether oxygens (including phenoxy) is 1. The van der Waals surface area contributed by atoms with Gasteiger partial charge in [0.2, 0.25) is 11.8 Å². The zero-order chi connectivity index (χ0) is 25.7. The molecule has 186 valence electrons. The molecule has 0 aliphatic carbocycles. The highest BCUT2D eigenvalue weighted by molar-refractivity contribution is 6.00. The van der Waals surface area contributed by atoms with Crippen LogP contribution in [0.3, 0.4) is 0 Å². The molecule has 4 rings (SSSR count). The molecule has 4 aromatic rings. The highest BCUT2D eigenvalue weighted by Gasteiger charge is 2.41. The van der Waals surface area contributed by atoms with Gasteiger partial charge in [-0.1, -0.05) is 48.5 Å². The molecule has 1 unspecified atom stereocenters. The normalized spacial score (nSPS) is 12.7. The van der Waals surface area contributed by atoms with Crippen molar-refractivity contribution in [3.63, 3.8) is 0 Å². The predicted molar refractivity (Wildman–Crippen MR) is 140 cm³/mol. The van der Waals surface area contributed by atoms with Crippen LogP contribution in [0.1, 0.15) is 31.4 Å². The van der Waals surface area contributed by atoms with Gasteiger partial charge in [-0.2, -0.15) is 0 Å². The minimum absolute atomic E-state index is 0.0300. The number of benzene rings is 3. The average Bonchev–Trinajstić information content (AvgIpc) is 3.30. The maximum atomic E-state index is 13.9. The van der Waals surface area contributed by atoms with Gasteiger partial charge in [0, 0.05) is 12.2 Å². The van der Waals surface area contributed by atoms with Crippen molar-refractivity contribution in [2.24, 2.45) is 0 Å². The van der Waals surface area contributed by atoms with E-state index in [0.717, 1.165) is 16.6 Å². The summed E-state index contributed by atoms with van der Waals surface area (Å²) >= 11 is 0. The summed E-state index contributed by atoms with van der Waals surface area (Å²) in [5, 5.41) is 11.3. The van der Waals surface area contributed by atoms with Crippen LogP contribution in [-0.4, -0.2) is 44.4 Å². The van der Waals surface area contributed by atoms with E-state index in [1.54, 1.807) is 41.0 Å². The molecule has 36 heavy (non-hydrogen) atoms. The van der Waals surface area contributed by atoms with Crippen molar-refractivity contribution in [3.8, 4) is 5.75 Å². The quantitative estimate of drug-likeness (QED) is 0.375. The van der Waals surface area contributed by atoms with E-state index >= 15 is 0 Å². The number of hydrogen-bond acceptors (Lipinski definition) is 5. The summed E-state index contributed by atoms with van der Waals surface area (Å²) in [6, 6.07) is 22.5. The lowest BCUT2D eigenvalue weighted by Crippen LogP contribution is -2.57. The van der Waals surface area contributed by atoms with E-state index in [1.165, 1.54) is 0 Å². The molecule has 2 amide bonds. The molecule has 0 radical (unpaired) electrons. The van der Waals surface area contributed by atoms with Crippen LogP contribution in [0.25, 0.3) is 11.0 Å². The summed E-state index contributed by atoms with van der Waals surface area (Å²) in [6.45, 7) is 5.98. The third kappa shape index (κ3) is 5.07. The van der Waals surface area contributed by atoms with Gasteiger partial charge in [0.05, 0.1) is 12.6 Å². The Morgan fingerprint density at radius 3 is 2.42 bits per heavy atom. The van der Waals surface area contributed by atoms with Crippen LogP contribution >= 0.6 is 0 Å². The van der Waals surface area contributed by atoms with Crippen molar-refractivity contribution in [3.05, 3.63) is 83.9 Å². The summed E-state index contributed by atoms with van der Waals surface area (Å²) < 4.78 is 6.79. The Bertz CT molecular complexity index is 1370. The van der Waals surface area contributed by atoms with Crippen LogP contribution in [0.2, 0.25) is 0 Å². The molecular weight excluding hydrogens is 454 g/mol. The number of fused-ring (bicyclic) bond motifs is 1. The lowest BCUT2D eigenvalue weighted by molar-refractivity contribution is -0.146. The van der Waals surface area contributed by atoms with E-state index in [-0.39, 0.29) is 18.4 Å². The summed E-state index contributed by atoms with van der Waals surface area (Å²) in [7, 11) is 1.59. The standard InChI is InChI=1S/C28H31N5O3/c1-5-28(3,27(35)29-22-14-16-23(36-4)17-15-22)32(18-21-11-7-6-10-20(21)2)26(34)19-33-25-13-9-8-12-24(25)30-31-33/h6-17H,5,18-19H2,1-4H3,(H,29,35). The van der Waals surface area contributed by atoms with Crippen molar-refractivity contribution < 1.29 is 14.3 Å². The van der Waals surface area contributed by atoms with Crippen LogP contribution in [0.15, 0.2) is 72.8 Å². The molecule has 8 heteroatoms. The first-order chi connectivity index (χ1) is 17.4. The smallest absolute Gasteiger partial charge is 0.250 e. The second-order valence-corrected chi connectivity index (χ2v) is 8.95. The monoisotopic (exact) mass is 485 g/mol. The first-order valence-corrected chi connectivity index (χ1v) is 11.9. The number of carbonyl (C=O) groups excluding carboxylic acids is 2. The Balaban J connectivity index is 1.67. The topological polar surface area (TPSA) is 89.4 Å². The Hall–Kier alpha value is -4.20. The van der Waals surface area contributed by atoms with Gasteiger partial charge in [-0.3, -0.25) is 9.59 Å². The van der Waals surface area contributed by atoms with E-state index in [2.05, 4.69) is 15.6 Å². The van der Waals surface area contributed by atoms with Gasteiger partial charge < -0.3 is 15.0 Å². The molecule has 0 aliphatic heterocycles. The first kappa shape index (κ1) is 24.9. The first-order valence-electron chi connectivity index (χ1n) is 11.9. The number of amides is 2. The predicted octanol–water partition coefficient (Wildman–Crippen LogP) is 4.58. The number of anilines is 1. The molecule has 0 fully saturated rings. The number of aryl methyl sites for hydroxylation is 1. The Morgan fingerprint density at radius 2 is 1.72 bits per heavy atom. The van der Waals surface area contributed by atoms with Crippen molar-refractivity contribution in [2.45, 2.75) is 45.8 Å². The van der Waals surface area contributed by atoms with Crippen molar-refractivity contribution >= 4 is 28.5 Å². The average molecular weight is 486 g/mol. The molecule has 0 saturated heterocycles. The van der Waals surface area contributed by atoms with E-state index in [0.29, 0.717) is 29.9 Å². The molecule has 0 saturated carbocycles. The van der Waals surface area contributed by atoms with E-state index < -0.39 is 5.54 Å². The molecule has 1 heterocycles.